The van der Waals surface area contributed by atoms with Crippen molar-refractivity contribution in [3.8, 4) is 0 Å². The smallest absolute Gasteiger partial charge is 0.253 e. The van der Waals surface area contributed by atoms with Crippen LogP contribution in [-0.2, 0) is 0 Å². The number of anilines is 1. The molecule has 0 atom stereocenters. The lowest BCUT2D eigenvalue weighted by Gasteiger charge is -2.34. The maximum Gasteiger partial charge on any atom is 0.253 e. The minimum atomic E-state index is 0.119. The molecule has 0 bridgehead atoms. The summed E-state index contributed by atoms with van der Waals surface area (Å²) in [4.78, 5) is 14.5. The molecule has 0 aromatic heterocycles. The van der Waals surface area contributed by atoms with Crippen LogP contribution in [0.5, 0.6) is 0 Å². The van der Waals surface area contributed by atoms with E-state index in [2.05, 4.69) is 6.92 Å². The summed E-state index contributed by atoms with van der Waals surface area (Å²) in [5, 5.41) is 0. The first-order chi connectivity index (χ1) is 9.52. The fourth-order valence-electron chi connectivity index (χ4n) is 3.12. The van der Waals surface area contributed by atoms with Crippen molar-refractivity contribution < 1.29 is 4.79 Å². The fourth-order valence-corrected chi connectivity index (χ4v) is 3.12. The van der Waals surface area contributed by atoms with Crippen LogP contribution in [-0.4, -0.2) is 23.9 Å². The molecule has 1 aromatic rings. The Labute approximate surface area is 122 Å². The Hall–Kier alpha value is -1.51. The highest BCUT2D eigenvalue weighted by molar-refractivity contribution is 5.94. The predicted octanol–water partition coefficient (Wildman–Crippen LogP) is 3.62. The number of hydrogen-bond donors (Lipinski definition) is 1. The number of carbonyl (C=O) groups excluding carboxylic acids is 1. The molecule has 0 aliphatic heterocycles. The summed E-state index contributed by atoms with van der Waals surface area (Å²) in [6, 6.07) is 5.94. The monoisotopic (exact) mass is 274 g/mol. The summed E-state index contributed by atoms with van der Waals surface area (Å²) in [5.74, 6) is 0.974. The van der Waals surface area contributed by atoms with E-state index in [4.69, 9.17) is 5.73 Å². The first-order valence-electron chi connectivity index (χ1n) is 7.66. The lowest BCUT2D eigenvalue weighted by Crippen LogP contribution is -2.39. The van der Waals surface area contributed by atoms with Gasteiger partial charge in [-0.25, -0.2) is 0 Å². The number of carbonyl (C=O) groups is 1. The first-order valence-corrected chi connectivity index (χ1v) is 7.66. The van der Waals surface area contributed by atoms with Gasteiger partial charge in [-0.15, -0.1) is 0 Å². The van der Waals surface area contributed by atoms with Crippen molar-refractivity contribution in [3.05, 3.63) is 29.3 Å². The van der Waals surface area contributed by atoms with Gasteiger partial charge in [0.1, 0.15) is 0 Å². The molecule has 3 heteroatoms. The van der Waals surface area contributed by atoms with Crippen molar-refractivity contribution in [2.45, 2.75) is 52.0 Å². The minimum absolute atomic E-state index is 0.119. The topological polar surface area (TPSA) is 46.3 Å². The Bertz CT molecular complexity index is 476. The van der Waals surface area contributed by atoms with Crippen molar-refractivity contribution in [2.75, 3.05) is 12.8 Å². The molecule has 3 nitrogen and oxygen atoms in total. The summed E-state index contributed by atoms with van der Waals surface area (Å²) < 4.78 is 0. The summed E-state index contributed by atoms with van der Waals surface area (Å²) in [5.41, 5.74) is 8.27. The molecular formula is C17H26N2O. The van der Waals surface area contributed by atoms with Crippen LogP contribution in [0.2, 0.25) is 0 Å². The molecule has 1 fully saturated rings. The summed E-state index contributed by atoms with van der Waals surface area (Å²) >= 11 is 0. The van der Waals surface area contributed by atoms with Gasteiger partial charge in [-0.3, -0.25) is 4.79 Å². The van der Waals surface area contributed by atoms with Gasteiger partial charge >= 0.3 is 0 Å². The van der Waals surface area contributed by atoms with Crippen molar-refractivity contribution in [1.29, 1.82) is 0 Å². The molecule has 0 spiro atoms. The normalized spacial score (nSPS) is 22.6. The van der Waals surface area contributed by atoms with Crippen LogP contribution in [0, 0.1) is 12.8 Å². The number of rotatable bonds is 3. The van der Waals surface area contributed by atoms with Gasteiger partial charge in [0, 0.05) is 24.3 Å². The van der Waals surface area contributed by atoms with Crippen molar-refractivity contribution in [2.24, 2.45) is 5.92 Å². The van der Waals surface area contributed by atoms with Crippen LogP contribution in [0.15, 0.2) is 18.2 Å². The molecule has 2 N–H and O–H groups in total. The molecule has 1 amide bonds. The molecule has 0 saturated heterocycles. The Morgan fingerprint density at radius 1 is 1.30 bits per heavy atom. The maximum atomic E-state index is 12.5. The fraction of sp³-hybridized carbons (Fsp3) is 0.588. The lowest BCUT2D eigenvalue weighted by molar-refractivity contribution is 0.0674. The largest absolute Gasteiger partial charge is 0.399 e. The van der Waals surface area contributed by atoms with Gasteiger partial charge in [-0.1, -0.05) is 13.3 Å². The number of amides is 1. The Balaban J connectivity index is 2.03. The van der Waals surface area contributed by atoms with Gasteiger partial charge in [-0.2, -0.15) is 0 Å². The summed E-state index contributed by atoms with van der Waals surface area (Å²) in [6.45, 7) is 4.20. The zero-order valence-electron chi connectivity index (χ0n) is 12.9. The van der Waals surface area contributed by atoms with Crippen molar-refractivity contribution >= 4 is 11.6 Å². The molecule has 1 aromatic carbocycles. The zero-order chi connectivity index (χ0) is 14.7. The molecule has 20 heavy (non-hydrogen) atoms. The third-order valence-electron chi connectivity index (χ3n) is 4.78. The molecule has 0 heterocycles. The second-order valence-corrected chi connectivity index (χ2v) is 6.07. The number of benzene rings is 1. The van der Waals surface area contributed by atoms with E-state index in [1.54, 1.807) is 0 Å². The van der Waals surface area contributed by atoms with Crippen LogP contribution in [0.1, 0.15) is 54.9 Å². The second-order valence-electron chi connectivity index (χ2n) is 6.07. The van der Waals surface area contributed by atoms with Crippen LogP contribution in [0.25, 0.3) is 0 Å². The average Bonchev–Trinajstić information content (AvgIpc) is 2.48. The van der Waals surface area contributed by atoms with Crippen LogP contribution in [0.4, 0.5) is 5.69 Å². The molecular weight excluding hydrogens is 248 g/mol. The van der Waals surface area contributed by atoms with E-state index < -0.39 is 0 Å². The van der Waals surface area contributed by atoms with Crippen molar-refractivity contribution in [3.63, 3.8) is 0 Å². The number of nitrogens with two attached hydrogens (primary N) is 1. The Morgan fingerprint density at radius 3 is 2.50 bits per heavy atom. The Morgan fingerprint density at radius 2 is 1.95 bits per heavy atom. The average molecular weight is 274 g/mol. The highest BCUT2D eigenvalue weighted by Crippen LogP contribution is 2.29. The first kappa shape index (κ1) is 14.9. The molecule has 2 rings (SSSR count). The second kappa shape index (κ2) is 6.29. The molecule has 110 valence electrons. The highest BCUT2D eigenvalue weighted by atomic mass is 16.2. The number of aryl methyl sites for hydroxylation is 1. The molecule has 0 unspecified atom stereocenters. The quantitative estimate of drug-likeness (QED) is 0.856. The van der Waals surface area contributed by atoms with E-state index in [0.29, 0.717) is 6.04 Å². The number of nitrogens with zero attached hydrogens (tertiary/aromatic N) is 1. The summed E-state index contributed by atoms with van der Waals surface area (Å²) in [7, 11) is 1.94. The molecule has 1 aliphatic carbocycles. The van der Waals surface area contributed by atoms with E-state index in [1.165, 1.54) is 19.3 Å². The van der Waals surface area contributed by atoms with E-state index in [0.717, 1.165) is 35.6 Å². The third kappa shape index (κ3) is 3.14. The SMILES string of the molecule is CCC1CCC(N(C)C(=O)c2ccc(N)c(C)c2)CC1. The standard InChI is InChI=1S/C17H26N2O/c1-4-13-5-8-15(9-6-13)19(3)17(20)14-7-10-16(18)12(2)11-14/h7,10-11,13,15H,4-6,8-9,18H2,1-3H3. The zero-order valence-corrected chi connectivity index (χ0v) is 12.9. The van der Waals surface area contributed by atoms with Crippen molar-refractivity contribution in [1.82, 2.24) is 4.90 Å². The summed E-state index contributed by atoms with van der Waals surface area (Å²) in [6.07, 6.45) is 6.03. The maximum absolute atomic E-state index is 12.5. The number of hydrogen-bond acceptors (Lipinski definition) is 2. The predicted molar refractivity (Wildman–Crippen MR) is 83.7 cm³/mol. The van der Waals surface area contributed by atoms with Gasteiger partial charge < -0.3 is 10.6 Å². The van der Waals surface area contributed by atoms with Crippen LogP contribution >= 0.6 is 0 Å². The third-order valence-corrected chi connectivity index (χ3v) is 4.78. The van der Waals surface area contributed by atoms with Crippen LogP contribution in [0.3, 0.4) is 0 Å². The van der Waals surface area contributed by atoms with E-state index in [9.17, 15) is 4.79 Å². The van der Waals surface area contributed by atoms with Crippen LogP contribution < -0.4 is 5.73 Å². The lowest BCUT2D eigenvalue weighted by atomic mass is 9.84. The minimum Gasteiger partial charge on any atom is -0.399 e. The van der Waals surface area contributed by atoms with E-state index in [-0.39, 0.29) is 5.91 Å². The molecule has 1 saturated carbocycles. The van der Waals surface area contributed by atoms with Gasteiger partial charge in [-0.05, 0) is 62.3 Å². The number of nitrogen functional groups attached to an aromatic ring is 1. The Kier molecular flexibility index (Phi) is 4.69. The van der Waals surface area contributed by atoms with E-state index >= 15 is 0 Å². The van der Waals surface area contributed by atoms with Gasteiger partial charge in [0.25, 0.3) is 5.91 Å². The van der Waals surface area contributed by atoms with Gasteiger partial charge in [0.15, 0.2) is 0 Å². The van der Waals surface area contributed by atoms with E-state index in [1.807, 2.05) is 37.1 Å². The molecule has 1 aliphatic rings. The van der Waals surface area contributed by atoms with Gasteiger partial charge in [0.05, 0.1) is 0 Å². The molecule has 0 radical (unpaired) electrons. The highest BCUT2D eigenvalue weighted by Gasteiger charge is 2.26. The van der Waals surface area contributed by atoms with Gasteiger partial charge in [0.2, 0.25) is 0 Å².